The Morgan fingerprint density at radius 1 is 1.50 bits per heavy atom. The van der Waals surface area contributed by atoms with Gasteiger partial charge < -0.3 is 20.1 Å². The van der Waals surface area contributed by atoms with Crippen molar-refractivity contribution in [3.05, 3.63) is 24.5 Å². The van der Waals surface area contributed by atoms with Gasteiger partial charge in [0.05, 0.1) is 18.8 Å². The summed E-state index contributed by atoms with van der Waals surface area (Å²) < 4.78 is 11.5. The molecule has 2 N–H and O–H groups in total. The molecule has 1 aromatic heterocycles. The molecule has 1 aliphatic carbocycles. The van der Waals surface area contributed by atoms with Gasteiger partial charge in [0.25, 0.3) is 0 Å². The molecule has 1 aliphatic heterocycles. The van der Waals surface area contributed by atoms with Crippen LogP contribution < -0.4 is 15.4 Å². The standard InChI is InChI=1S/C17H26N4O2.HI/c1-17(2)14(13-6-9-23-15(13)17)21-16(18-3)20-8-10-22-12-5-4-7-19-11-12;/h4-5,7,11,13-15H,6,8-10H2,1-3H3,(H2,18,20,21);1H. The van der Waals surface area contributed by atoms with Gasteiger partial charge in [0.1, 0.15) is 12.4 Å². The molecule has 3 unspecified atom stereocenters. The maximum absolute atomic E-state index is 5.83. The summed E-state index contributed by atoms with van der Waals surface area (Å²) in [4.78, 5) is 8.35. The van der Waals surface area contributed by atoms with Gasteiger partial charge in [0.15, 0.2) is 5.96 Å². The van der Waals surface area contributed by atoms with Gasteiger partial charge in [-0.05, 0) is 18.6 Å². The molecule has 24 heavy (non-hydrogen) atoms. The molecule has 0 amide bonds. The van der Waals surface area contributed by atoms with Crippen molar-refractivity contribution in [1.29, 1.82) is 0 Å². The lowest BCUT2D eigenvalue weighted by molar-refractivity contribution is -0.106. The van der Waals surface area contributed by atoms with Crippen LogP contribution in [0.5, 0.6) is 5.75 Å². The molecule has 0 spiro atoms. The van der Waals surface area contributed by atoms with Gasteiger partial charge in [0.2, 0.25) is 0 Å². The number of aliphatic imine (C=N–C) groups is 1. The van der Waals surface area contributed by atoms with E-state index in [1.54, 1.807) is 19.4 Å². The van der Waals surface area contributed by atoms with Crippen LogP contribution in [0.4, 0.5) is 0 Å². The molecule has 7 heteroatoms. The zero-order valence-corrected chi connectivity index (χ0v) is 16.8. The monoisotopic (exact) mass is 446 g/mol. The first-order valence-electron chi connectivity index (χ1n) is 8.24. The Bertz CT molecular complexity index is 553. The van der Waals surface area contributed by atoms with Gasteiger partial charge in [-0.1, -0.05) is 13.8 Å². The minimum atomic E-state index is 0. The molecule has 2 aliphatic rings. The highest BCUT2D eigenvalue weighted by atomic mass is 127. The van der Waals surface area contributed by atoms with E-state index in [0.29, 0.717) is 31.2 Å². The normalized spacial score (nSPS) is 27.5. The van der Waals surface area contributed by atoms with E-state index in [-0.39, 0.29) is 29.4 Å². The number of guanidine groups is 1. The molecule has 6 nitrogen and oxygen atoms in total. The number of hydrogen-bond acceptors (Lipinski definition) is 4. The molecule has 1 aromatic rings. The summed E-state index contributed by atoms with van der Waals surface area (Å²) >= 11 is 0. The lowest BCUT2D eigenvalue weighted by Gasteiger charge is -2.54. The summed E-state index contributed by atoms with van der Waals surface area (Å²) in [6.45, 7) is 6.65. The Morgan fingerprint density at radius 2 is 2.33 bits per heavy atom. The highest BCUT2D eigenvalue weighted by Gasteiger charge is 2.59. The molecule has 0 bridgehead atoms. The third kappa shape index (κ3) is 3.93. The van der Waals surface area contributed by atoms with E-state index in [1.165, 1.54) is 0 Å². The van der Waals surface area contributed by atoms with Crippen molar-refractivity contribution in [1.82, 2.24) is 15.6 Å². The first kappa shape index (κ1) is 19.2. The molecule has 0 radical (unpaired) electrons. The fourth-order valence-electron chi connectivity index (χ4n) is 3.73. The number of fused-ring (bicyclic) bond motifs is 1. The number of hydrogen-bond donors (Lipinski definition) is 2. The number of nitrogens with one attached hydrogen (secondary N) is 2. The second-order valence-corrected chi connectivity index (χ2v) is 6.72. The molecule has 0 aromatic carbocycles. The van der Waals surface area contributed by atoms with Crippen molar-refractivity contribution >= 4 is 29.9 Å². The van der Waals surface area contributed by atoms with Gasteiger partial charge >= 0.3 is 0 Å². The quantitative estimate of drug-likeness (QED) is 0.314. The van der Waals surface area contributed by atoms with Crippen LogP contribution in [-0.4, -0.2) is 49.9 Å². The van der Waals surface area contributed by atoms with Crippen molar-refractivity contribution in [2.45, 2.75) is 32.4 Å². The maximum Gasteiger partial charge on any atom is 0.191 e. The topological polar surface area (TPSA) is 67.8 Å². The number of pyridine rings is 1. The maximum atomic E-state index is 5.83. The fraction of sp³-hybridized carbons (Fsp3) is 0.647. The lowest BCUT2D eigenvalue weighted by Crippen LogP contribution is -2.68. The summed E-state index contributed by atoms with van der Waals surface area (Å²) in [5.74, 6) is 2.20. The first-order chi connectivity index (χ1) is 11.1. The average Bonchev–Trinajstić information content (AvgIpc) is 3.02. The largest absolute Gasteiger partial charge is 0.490 e. The smallest absolute Gasteiger partial charge is 0.191 e. The molecule has 1 saturated carbocycles. The summed E-state index contributed by atoms with van der Waals surface area (Å²) in [5.41, 5.74) is 0.144. The third-order valence-electron chi connectivity index (χ3n) is 4.91. The SMILES string of the molecule is CN=C(NCCOc1cccnc1)NC1C2CCOC2C1(C)C.I. The summed E-state index contributed by atoms with van der Waals surface area (Å²) in [6.07, 6.45) is 4.96. The average molecular weight is 446 g/mol. The number of aromatic nitrogens is 1. The van der Waals surface area contributed by atoms with E-state index in [1.807, 2.05) is 12.1 Å². The second-order valence-electron chi connectivity index (χ2n) is 6.72. The number of ether oxygens (including phenoxy) is 2. The molecule has 2 fully saturated rings. The van der Waals surface area contributed by atoms with Crippen LogP contribution in [-0.2, 0) is 4.74 Å². The number of rotatable bonds is 5. The van der Waals surface area contributed by atoms with Crippen molar-refractivity contribution in [3.63, 3.8) is 0 Å². The van der Waals surface area contributed by atoms with Crippen LogP contribution in [0.1, 0.15) is 20.3 Å². The van der Waals surface area contributed by atoms with E-state index in [4.69, 9.17) is 9.47 Å². The molecular formula is C17H27IN4O2. The summed E-state index contributed by atoms with van der Waals surface area (Å²) in [7, 11) is 1.80. The summed E-state index contributed by atoms with van der Waals surface area (Å²) in [5, 5.41) is 6.86. The van der Waals surface area contributed by atoms with Crippen LogP contribution in [0.15, 0.2) is 29.5 Å². The molecule has 3 rings (SSSR count). The molecule has 134 valence electrons. The minimum absolute atomic E-state index is 0. The molecule has 1 saturated heterocycles. The Kier molecular flexibility index (Phi) is 6.68. The van der Waals surface area contributed by atoms with Crippen LogP contribution in [0, 0.1) is 11.3 Å². The number of nitrogens with zero attached hydrogens (tertiary/aromatic N) is 2. The van der Waals surface area contributed by atoms with Crippen molar-refractivity contribution in [2.24, 2.45) is 16.3 Å². The third-order valence-corrected chi connectivity index (χ3v) is 4.91. The lowest BCUT2D eigenvalue weighted by atomic mass is 9.57. The second kappa shape index (κ2) is 8.33. The molecule has 3 atom stereocenters. The Morgan fingerprint density at radius 3 is 3.04 bits per heavy atom. The predicted molar refractivity (Wildman–Crippen MR) is 105 cm³/mol. The molecular weight excluding hydrogens is 419 g/mol. The van der Waals surface area contributed by atoms with Gasteiger partial charge in [-0.3, -0.25) is 9.98 Å². The zero-order chi connectivity index (χ0) is 16.3. The van der Waals surface area contributed by atoms with E-state index in [0.717, 1.165) is 24.7 Å². The van der Waals surface area contributed by atoms with Crippen LogP contribution in [0.3, 0.4) is 0 Å². The number of halogens is 1. The van der Waals surface area contributed by atoms with E-state index < -0.39 is 0 Å². The first-order valence-corrected chi connectivity index (χ1v) is 8.24. The van der Waals surface area contributed by atoms with Crippen LogP contribution in [0.25, 0.3) is 0 Å². The summed E-state index contributed by atoms with van der Waals surface area (Å²) in [6, 6.07) is 4.17. The van der Waals surface area contributed by atoms with Crippen molar-refractivity contribution in [3.8, 4) is 5.75 Å². The van der Waals surface area contributed by atoms with E-state index >= 15 is 0 Å². The highest BCUT2D eigenvalue weighted by molar-refractivity contribution is 14.0. The zero-order valence-electron chi connectivity index (χ0n) is 14.5. The van der Waals surface area contributed by atoms with Crippen LogP contribution in [0.2, 0.25) is 0 Å². The van der Waals surface area contributed by atoms with Gasteiger partial charge in [-0.2, -0.15) is 0 Å². The van der Waals surface area contributed by atoms with Crippen LogP contribution >= 0.6 is 24.0 Å². The van der Waals surface area contributed by atoms with Gasteiger partial charge in [-0.25, -0.2) is 0 Å². The fourth-order valence-corrected chi connectivity index (χ4v) is 3.73. The highest BCUT2D eigenvalue weighted by Crippen LogP contribution is 2.51. The Hall–Kier alpha value is -1.09. The van der Waals surface area contributed by atoms with E-state index in [9.17, 15) is 0 Å². The Labute approximate surface area is 160 Å². The van der Waals surface area contributed by atoms with Crippen molar-refractivity contribution < 1.29 is 9.47 Å². The van der Waals surface area contributed by atoms with Gasteiger partial charge in [-0.15, -0.1) is 24.0 Å². The van der Waals surface area contributed by atoms with E-state index in [2.05, 4.69) is 34.5 Å². The minimum Gasteiger partial charge on any atom is -0.490 e. The van der Waals surface area contributed by atoms with Crippen molar-refractivity contribution in [2.75, 3.05) is 26.8 Å². The molecule has 2 heterocycles. The predicted octanol–water partition coefficient (Wildman–Crippen LogP) is 2.06. The van der Waals surface area contributed by atoms with Gasteiger partial charge in [0, 0.05) is 37.2 Å². The Balaban J connectivity index is 0.00000208.